The average molecular weight is 440 g/mol. The van der Waals surface area contributed by atoms with Crippen molar-refractivity contribution in [1.82, 2.24) is 15.1 Å². The highest BCUT2D eigenvalue weighted by Crippen LogP contribution is 2.58. The lowest BCUT2D eigenvalue weighted by atomic mass is 9.52. The van der Waals surface area contributed by atoms with E-state index in [0.29, 0.717) is 26.2 Å². The summed E-state index contributed by atoms with van der Waals surface area (Å²) in [6, 6.07) is 8.12. The van der Waals surface area contributed by atoms with E-state index < -0.39 is 5.54 Å². The Morgan fingerprint density at radius 3 is 2.44 bits per heavy atom. The zero-order valence-electron chi connectivity index (χ0n) is 19.7. The van der Waals surface area contributed by atoms with Crippen LogP contribution >= 0.6 is 0 Å². The van der Waals surface area contributed by atoms with Crippen molar-refractivity contribution in [3.05, 3.63) is 29.8 Å². The average Bonchev–Trinajstić information content (AvgIpc) is 2.74. The maximum absolute atomic E-state index is 14.0. The van der Waals surface area contributed by atoms with Gasteiger partial charge in [0, 0.05) is 25.2 Å². The van der Waals surface area contributed by atoms with E-state index >= 15 is 0 Å². The van der Waals surface area contributed by atoms with Crippen LogP contribution in [0.2, 0.25) is 0 Å². The molecule has 5 fully saturated rings. The van der Waals surface area contributed by atoms with Crippen molar-refractivity contribution in [3.8, 4) is 5.75 Å². The molecule has 4 bridgehead atoms. The van der Waals surface area contributed by atoms with Gasteiger partial charge in [-0.25, -0.2) is 0 Å². The zero-order chi connectivity index (χ0) is 22.5. The number of hydrogen-bond acceptors (Lipinski definition) is 4. The molecule has 0 radical (unpaired) electrons. The van der Waals surface area contributed by atoms with Crippen LogP contribution in [0.4, 0.5) is 0 Å². The van der Waals surface area contributed by atoms with E-state index in [1.54, 1.807) is 7.11 Å². The van der Waals surface area contributed by atoms with Crippen LogP contribution in [0.5, 0.6) is 5.75 Å². The fourth-order valence-corrected chi connectivity index (χ4v) is 7.34. The Hall–Kier alpha value is -2.08. The van der Waals surface area contributed by atoms with Crippen molar-refractivity contribution in [3.63, 3.8) is 0 Å². The highest BCUT2D eigenvalue weighted by Gasteiger charge is 2.55. The molecule has 174 valence electrons. The molecule has 32 heavy (non-hydrogen) atoms. The molecule has 1 aliphatic heterocycles. The van der Waals surface area contributed by atoms with Crippen LogP contribution in [0.3, 0.4) is 0 Å². The Morgan fingerprint density at radius 2 is 1.81 bits per heavy atom. The molecule has 4 aliphatic carbocycles. The number of carbonyl (C=O) groups is 2. The Bertz CT molecular complexity index is 861. The van der Waals surface area contributed by atoms with Crippen molar-refractivity contribution in [2.75, 3.05) is 26.7 Å². The predicted octanol–water partition coefficient (Wildman–Crippen LogP) is 3.20. The number of nitrogens with one attached hydrogen (secondary N) is 1. The molecule has 1 heterocycles. The summed E-state index contributed by atoms with van der Waals surface area (Å²) < 4.78 is 5.45. The van der Waals surface area contributed by atoms with Crippen molar-refractivity contribution in [1.29, 1.82) is 0 Å². The van der Waals surface area contributed by atoms with E-state index in [0.717, 1.165) is 48.3 Å². The van der Waals surface area contributed by atoms with Crippen molar-refractivity contribution >= 4 is 11.8 Å². The van der Waals surface area contributed by atoms with Gasteiger partial charge in [0.05, 0.1) is 19.2 Å². The highest BCUT2D eigenvalue weighted by molar-refractivity contribution is 5.87. The van der Waals surface area contributed by atoms with E-state index in [9.17, 15) is 9.59 Å². The molecule has 1 N–H and O–H groups in total. The first kappa shape index (κ1) is 21.7. The SMILES string of the molecule is COc1cccc(CN(C(=O)CN2CCNC(=O)C2(C)C)C23CC4CC(CC(C4)C2)C3)c1. The quantitative estimate of drug-likeness (QED) is 0.739. The third-order valence-corrected chi connectivity index (χ3v) is 8.69. The van der Waals surface area contributed by atoms with Gasteiger partial charge in [0.1, 0.15) is 5.75 Å². The van der Waals surface area contributed by atoms with Crippen LogP contribution in [0.25, 0.3) is 0 Å². The zero-order valence-corrected chi connectivity index (χ0v) is 19.7. The van der Waals surface area contributed by atoms with E-state index in [4.69, 9.17) is 4.74 Å². The molecule has 1 saturated heterocycles. The van der Waals surface area contributed by atoms with Gasteiger partial charge in [-0.15, -0.1) is 0 Å². The number of carbonyl (C=O) groups excluding carboxylic acids is 2. The summed E-state index contributed by atoms with van der Waals surface area (Å²) >= 11 is 0. The summed E-state index contributed by atoms with van der Waals surface area (Å²) in [5.74, 6) is 3.29. The molecule has 0 aromatic heterocycles. The largest absolute Gasteiger partial charge is 0.497 e. The molecule has 0 atom stereocenters. The number of nitrogens with zero attached hydrogens (tertiary/aromatic N) is 2. The van der Waals surface area contributed by atoms with Crippen LogP contribution in [-0.4, -0.2) is 59.4 Å². The number of amides is 2. The summed E-state index contributed by atoms with van der Waals surface area (Å²) in [6.45, 7) is 6.06. The fourth-order valence-electron chi connectivity index (χ4n) is 7.34. The number of ether oxygens (including phenoxy) is 1. The lowest BCUT2D eigenvalue weighted by Crippen LogP contribution is -2.66. The normalized spacial score (nSPS) is 33.1. The molecular weight excluding hydrogens is 402 g/mol. The molecule has 0 unspecified atom stereocenters. The van der Waals surface area contributed by atoms with E-state index in [2.05, 4.69) is 27.2 Å². The molecule has 4 saturated carbocycles. The lowest BCUT2D eigenvalue weighted by molar-refractivity contribution is -0.156. The van der Waals surface area contributed by atoms with Gasteiger partial charge in [0.25, 0.3) is 0 Å². The topological polar surface area (TPSA) is 61.9 Å². The second-order valence-electron chi connectivity index (χ2n) is 11.2. The fraction of sp³-hybridized carbons (Fsp3) is 0.692. The first-order valence-corrected chi connectivity index (χ1v) is 12.3. The second-order valence-corrected chi connectivity index (χ2v) is 11.2. The van der Waals surface area contributed by atoms with Gasteiger partial charge >= 0.3 is 0 Å². The summed E-state index contributed by atoms with van der Waals surface area (Å²) in [6.07, 6.45) is 7.45. The number of piperazine rings is 1. The first-order valence-electron chi connectivity index (χ1n) is 12.3. The Morgan fingerprint density at radius 1 is 1.16 bits per heavy atom. The molecule has 2 amide bonds. The minimum Gasteiger partial charge on any atom is -0.497 e. The Balaban J connectivity index is 1.44. The van der Waals surface area contributed by atoms with Crippen molar-refractivity contribution in [2.45, 2.75) is 70.0 Å². The van der Waals surface area contributed by atoms with Gasteiger partial charge in [-0.3, -0.25) is 14.5 Å². The predicted molar refractivity (Wildman–Crippen MR) is 123 cm³/mol. The number of rotatable bonds is 6. The minimum atomic E-state index is -0.670. The van der Waals surface area contributed by atoms with E-state index in [1.807, 2.05) is 26.0 Å². The van der Waals surface area contributed by atoms with Crippen molar-refractivity contribution in [2.24, 2.45) is 17.8 Å². The van der Waals surface area contributed by atoms with E-state index in [1.165, 1.54) is 19.3 Å². The van der Waals surface area contributed by atoms with Gasteiger partial charge in [0.15, 0.2) is 0 Å². The standard InChI is InChI=1S/C26H37N3O3/c1-25(2)24(31)27-7-8-28(25)17-23(30)29(16-18-5-4-6-22(12-18)32-3)26-13-19-9-20(14-26)11-21(10-19)15-26/h4-6,12,19-21H,7-11,13-17H2,1-3H3,(H,27,31). The summed E-state index contributed by atoms with van der Waals surface area (Å²) in [4.78, 5) is 30.8. The number of benzene rings is 1. The molecular formula is C26H37N3O3. The van der Waals surface area contributed by atoms with E-state index in [-0.39, 0.29) is 17.4 Å². The summed E-state index contributed by atoms with van der Waals surface area (Å²) in [5, 5.41) is 2.95. The smallest absolute Gasteiger partial charge is 0.240 e. The Kier molecular flexibility index (Phi) is 5.47. The first-order chi connectivity index (χ1) is 15.3. The third kappa shape index (κ3) is 3.81. The van der Waals surface area contributed by atoms with Crippen LogP contribution < -0.4 is 10.1 Å². The third-order valence-electron chi connectivity index (χ3n) is 8.69. The maximum Gasteiger partial charge on any atom is 0.240 e. The van der Waals surface area contributed by atoms with Crippen LogP contribution in [-0.2, 0) is 16.1 Å². The minimum absolute atomic E-state index is 0.00528. The van der Waals surface area contributed by atoms with Crippen molar-refractivity contribution < 1.29 is 14.3 Å². The molecule has 1 aromatic rings. The molecule has 6 nitrogen and oxygen atoms in total. The highest BCUT2D eigenvalue weighted by atomic mass is 16.5. The Labute approximate surface area is 191 Å². The number of methoxy groups -OCH3 is 1. The molecule has 5 aliphatic rings. The lowest BCUT2D eigenvalue weighted by Gasteiger charge is -2.60. The second kappa shape index (κ2) is 8.05. The van der Waals surface area contributed by atoms with Gasteiger partial charge in [-0.05, 0) is 87.8 Å². The van der Waals surface area contributed by atoms with Gasteiger partial charge in [-0.2, -0.15) is 0 Å². The molecule has 0 spiro atoms. The van der Waals surface area contributed by atoms with Gasteiger partial charge in [0.2, 0.25) is 11.8 Å². The molecule has 1 aromatic carbocycles. The van der Waals surface area contributed by atoms with Crippen LogP contribution in [0.1, 0.15) is 57.9 Å². The number of hydrogen-bond donors (Lipinski definition) is 1. The van der Waals surface area contributed by atoms with Gasteiger partial charge in [-0.1, -0.05) is 12.1 Å². The maximum atomic E-state index is 14.0. The molecule has 6 rings (SSSR count). The molecule has 6 heteroatoms. The van der Waals surface area contributed by atoms with Gasteiger partial charge < -0.3 is 15.0 Å². The monoisotopic (exact) mass is 439 g/mol. The van der Waals surface area contributed by atoms with Crippen LogP contribution in [0.15, 0.2) is 24.3 Å². The van der Waals surface area contributed by atoms with Crippen LogP contribution in [0, 0.1) is 17.8 Å². The summed E-state index contributed by atoms with van der Waals surface area (Å²) in [7, 11) is 1.69. The summed E-state index contributed by atoms with van der Waals surface area (Å²) in [5.41, 5.74) is 0.415.